The maximum absolute atomic E-state index is 3.80. The number of hydrogen-bond acceptors (Lipinski definition) is 1. The molecule has 0 spiro atoms. The van der Waals surface area contributed by atoms with Gasteiger partial charge in [-0.05, 0) is 57.1 Å². The van der Waals surface area contributed by atoms with Crippen molar-refractivity contribution in [2.45, 2.75) is 44.6 Å². The molecule has 1 unspecified atom stereocenters. The van der Waals surface area contributed by atoms with E-state index in [1.165, 1.54) is 49.8 Å². The van der Waals surface area contributed by atoms with E-state index in [0.29, 0.717) is 5.54 Å². The molecular weight excluding hydrogens is 194 g/mol. The van der Waals surface area contributed by atoms with Gasteiger partial charge in [0.2, 0.25) is 0 Å². The number of aryl methyl sites for hydroxylation is 1. The molecule has 1 heteroatoms. The molecule has 86 valence electrons. The summed E-state index contributed by atoms with van der Waals surface area (Å²) in [7, 11) is 0. The molecule has 3 rings (SSSR count). The summed E-state index contributed by atoms with van der Waals surface area (Å²) in [6, 6.07) is 9.02. The van der Waals surface area contributed by atoms with E-state index in [9.17, 15) is 0 Å². The number of hydrogen-bond donors (Lipinski definition) is 1. The van der Waals surface area contributed by atoms with Crippen molar-refractivity contribution >= 4 is 0 Å². The summed E-state index contributed by atoms with van der Waals surface area (Å²) in [5.74, 6) is 0.954. The third-order valence-corrected chi connectivity index (χ3v) is 4.24. The van der Waals surface area contributed by atoms with Gasteiger partial charge in [0.15, 0.2) is 0 Å². The minimum absolute atomic E-state index is 0.452. The van der Waals surface area contributed by atoms with Crippen LogP contribution in [-0.4, -0.2) is 12.1 Å². The molecule has 16 heavy (non-hydrogen) atoms. The predicted molar refractivity (Wildman–Crippen MR) is 67.6 cm³/mol. The Morgan fingerprint density at radius 2 is 2.25 bits per heavy atom. The highest BCUT2D eigenvalue weighted by atomic mass is 15.0. The van der Waals surface area contributed by atoms with Gasteiger partial charge in [-0.15, -0.1) is 0 Å². The van der Waals surface area contributed by atoms with Gasteiger partial charge >= 0.3 is 0 Å². The van der Waals surface area contributed by atoms with Crippen molar-refractivity contribution in [2.24, 2.45) is 5.92 Å². The largest absolute Gasteiger partial charge is 0.311 e. The van der Waals surface area contributed by atoms with Crippen molar-refractivity contribution in [1.29, 1.82) is 0 Å². The highest BCUT2D eigenvalue weighted by molar-refractivity contribution is 5.25. The number of nitrogens with one attached hydrogen (secondary N) is 1. The van der Waals surface area contributed by atoms with Gasteiger partial charge in [-0.2, -0.15) is 0 Å². The second-order valence-corrected chi connectivity index (χ2v) is 5.63. The van der Waals surface area contributed by atoms with Gasteiger partial charge in [0, 0.05) is 5.54 Å². The molecule has 0 amide bonds. The highest BCUT2D eigenvalue weighted by Crippen LogP contribution is 2.45. The van der Waals surface area contributed by atoms with Gasteiger partial charge in [-0.3, -0.25) is 0 Å². The third kappa shape index (κ3) is 1.89. The molecule has 0 bridgehead atoms. The van der Waals surface area contributed by atoms with Crippen LogP contribution < -0.4 is 5.32 Å². The smallest absolute Gasteiger partial charge is 0.0250 e. The van der Waals surface area contributed by atoms with E-state index in [0.717, 1.165) is 5.92 Å². The summed E-state index contributed by atoms with van der Waals surface area (Å²) in [5, 5.41) is 3.80. The Kier molecular flexibility index (Phi) is 2.51. The first-order valence-corrected chi connectivity index (χ1v) is 6.59. The topological polar surface area (TPSA) is 12.0 Å². The molecule has 1 saturated heterocycles. The Balaban J connectivity index is 1.81. The summed E-state index contributed by atoms with van der Waals surface area (Å²) >= 11 is 0. The quantitative estimate of drug-likeness (QED) is 0.817. The standard InChI is InChI=1S/C15H21N/c1-12-4-2-5-13(10-12)11-15(14-6-7-14)8-3-9-16-15/h2,4-5,10,14,16H,3,6-9,11H2,1H3. The Hall–Kier alpha value is -0.820. The van der Waals surface area contributed by atoms with Crippen LogP contribution in [0.25, 0.3) is 0 Å². The highest BCUT2D eigenvalue weighted by Gasteiger charge is 2.46. The van der Waals surface area contributed by atoms with E-state index in [-0.39, 0.29) is 0 Å². The second-order valence-electron chi connectivity index (χ2n) is 5.63. The fourth-order valence-electron chi connectivity index (χ4n) is 3.30. The van der Waals surface area contributed by atoms with Crippen LogP contribution in [0.1, 0.15) is 36.8 Å². The fourth-order valence-corrected chi connectivity index (χ4v) is 3.30. The number of benzene rings is 1. The minimum Gasteiger partial charge on any atom is -0.311 e. The van der Waals surface area contributed by atoms with Crippen molar-refractivity contribution in [2.75, 3.05) is 6.54 Å². The zero-order valence-corrected chi connectivity index (χ0v) is 10.1. The molecule has 1 heterocycles. The fraction of sp³-hybridized carbons (Fsp3) is 0.600. The third-order valence-electron chi connectivity index (χ3n) is 4.24. The van der Waals surface area contributed by atoms with E-state index in [1.54, 1.807) is 0 Å². The number of rotatable bonds is 3. The molecule has 0 aromatic heterocycles. The SMILES string of the molecule is Cc1cccc(CC2(C3CC3)CCCN2)c1. The van der Waals surface area contributed by atoms with Gasteiger partial charge in [0.25, 0.3) is 0 Å². The van der Waals surface area contributed by atoms with Gasteiger partial charge in [-0.25, -0.2) is 0 Å². The maximum atomic E-state index is 3.80. The second kappa shape index (κ2) is 3.89. The van der Waals surface area contributed by atoms with E-state index in [4.69, 9.17) is 0 Å². The average molecular weight is 215 g/mol. The lowest BCUT2D eigenvalue weighted by atomic mass is 9.84. The summed E-state index contributed by atoms with van der Waals surface area (Å²) in [5.41, 5.74) is 3.36. The van der Waals surface area contributed by atoms with E-state index in [1.807, 2.05) is 0 Å². The van der Waals surface area contributed by atoms with Crippen molar-refractivity contribution in [3.8, 4) is 0 Å². The summed E-state index contributed by atoms with van der Waals surface area (Å²) < 4.78 is 0. The molecule has 1 saturated carbocycles. The van der Waals surface area contributed by atoms with Crippen LogP contribution in [0.4, 0.5) is 0 Å². The normalized spacial score (nSPS) is 29.6. The van der Waals surface area contributed by atoms with Crippen LogP contribution in [0.5, 0.6) is 0 Å². The van der Waals surface area contributed by atoms with Gasteiger partial charge in [0.1, 0.15) is 0 Å². The monoisotopic (exact) mass is 215 g/mol. The van der Waals surface area contributed by atoms with Crippen LogP contribution in [0, 0.1) is 12.8 Å². The molecule has 2 fully saturated rings. The Morgan fingerprint density at radius 1 is 1.38 bits per heavy atom. The molecule has 1 nitrogen and oxygen atoms in total. The first-order valence-electron chi connectivity index (χ1n) is 6.59. The molecule has 0 radical (unpaired) electrons. The molecule has 1 aliphatic carbocycles. The lowest BCUT2D eigenvalue weighted by molar-refractivity contribution is 0.323. The van der Waals surface area contributed by atoms with Crippen LogP contribution in [0.3, 0.4) is 0 Å². The lowest BCUT2D eigenvalue weighted by Gasteiger charge is -2.30. The summed E-state index contributed by atoms with van der Waals surface area (Å²) in [4.78, 5) is 0. The van der Waals surface area contributed by atoms with Crippen LogP contribution in [0.2, 0.25) is 0 Å². The molecule has 1 aromatic carbocycles. The predicted octanol–water partition coefficient (Wildman–Crippen LogP) is 3.07. The summed E-state index contributed by atoms with van der Waals surface area (Å²) in [6.07, 6.45) is 6.87. The van der Waals surface area contributed by atoms with Gasteiger partial charge in [0.05, 0.1) is 0 Å². The Labute approximate surface area is 98.3 Å². The van der Waals surface area contributed by atoms with Crippen LogP contribution >= 0.6 is 0 Å². The average Bonchev–Trinajstić information content (AvgIpc) is 3.02. The molecule has 1 atom stereocenters. The lowest BCUT2D eigenvalue weighted by Crippen LogP contribution is -2.44. The van der Waals surface area contributed by atoms with Crippen molar-refractivity contribution in [1.82, 2.24) is 5.32 Å². The zero-order chi connectivity index (χ0) is 11.0. The van der Waals surface area contributed by atoms with Gasteiger partial charge in [-0.1, -0.05) is 29.8 Å². The Bertz CT molecular complexity index is 373. The van der Waals surface area contributed by atoms with Gasteiger partial charge < -0.3 is 5.32 Å². The molecule has 2 aliphatic rings. The van der Waals surface area contributed by atoms with Crippen molar-refractivity contribution in [3.63, 3.8) is 0 Å². The molecule has 1 aliphatic heterocycles. The van der Waals surface area contributed by atoms with Crippen LogP contribution in [-0.2, 0) is 6.42 Å². The first kappa shape index (κ1) is 10.3. The maximum Gasteiger partial charge on any atom is 0.0250 e. The first-order chi connectivity index (χ1) is 7.78. The molecule has 1 aromatic rings. The van der Waals surface area contributed by atoms with Crippen molar-refractivity contribution in [3.05, 3.63) is 35.4 Å². The van der Waals surface area contributed by atoms with E-state index in [2.05, 4.69) is 36.5 Å². The Morgan fingerprint density at radius 3 is 2.88 bits per heavy atom. The van der Waals surface area contributed by atoms with Crippen molar-refractivity contribution < 1.29 is 0 Å². The minimum atomic E-state index is 0.452. The van der Waals surface area contributed by atoms with Crippen LogP contribution in [0.15, 0.2) is 24.3 Å². The van der Waals surface area contributed by atoms with E-state index < -0.39 is 0 Å². The molecule has 1 N–H and O–H groups in total. The zero-order valence-electron chi connectivity index (χ0n) is 10.1. The van der Waals surface area contributed by atoms with E-state index >= 15 is 0 Å². The molecular formula is C15H21N. The summed E-state index contributed by atoms with van der Waals surface area (Å²) in [6.45, 7) is 3.41.